The van der Waals surface area contributed by atoms with E-state index in [4.69, 9.17) is 4.98 Å². The van der Waals surface area contributed by atoms with Crippen LogP contribution in [0.2, 0.25) is 0 Å². The number of rotatable bonds is 2. The Bertz CT molecular complexity index is 605. The van der Waals surface area contributed by atoms with Gasteiger partial charge in [-0.15, -0.1) is 0 Å². The van der Waals surface area contributed by atoms with Gasteiger partial charge >= 0.3 is 0 Å². The average molecular weight is 314 g/mol. The maximum absolute atomic E-state index is 12.6. The highest BCUT2D eigenvalue weighted by Gasteiger charge is 2.33. The molecule has 0 N–H and O–H groups in total. The molecule has 5 nitrogen and oxygen atoms in total. The topological polar surface area (TPSA) is 49.3 Å². The third-order valence-corrected chi connectivity index (χ3v) is 5.57. The molecular weight excluding hydrogens is 288 g/mol. The van der Waals surface area contributed by atoms with E-state index in [2.05, 4.69) is 14.8 Å². The smallest absolute Gasteiger partial charge is 0.225 e. The Morgan fingerprint density at radius 3 is 2.52 bits per heavy atom. The highest BCUT2D eigenvalue weighted by molar-refractivity contribution is 5.80. The maximum Gasteiger partial charge on any atom is 0.225 e. The summed E-state index contributed by atoms with van der Waals surface area (Å²) in [7, 11) is 0. The van der Waals surface area contributed by atoms with Crippen LogP contribution in [-0.2, 0) is 17.8 Å². The molecule has 23 heavy (non-hydrogen) atoms. The van der Waals surface area contributed by atoms with Gasteiger partial charge in [0, 0.05) is 37.5 Å². The van der Waals surface area contributed by atoms with Crippen molar-refractivity contribution in [1.29, 1.82) is 0 Å². The number of nitrogens with zero attached hydrogens (tertiary/aromatic N) is 4. The summed E-state index contributed by atoms with van der Waals surface area (Å²) in [6.07, 6.45) is 8.03. The van der Waals surface area contributed by atoms with Crippen molar-refractivity contribution >= 4 is 11.7 Å². The number of aryl methyl sites for hydroxylation is 1. The van der Waals surface area contributed by atoms with Crippen molar-refractivity contribution in [1.82, 2.24) is 14.9 Å². The Hall–Kier alpha value is -1.65. The Kier molecular flexibility index (Phi) is 3.95. The van der Waals surface area contributed by atoms with Crippen molar-refractivity contribution in [2.45, 2.75) is 58.4 Å². The Labute approximate surface area is 138 Å². The van der Waals surface area contributed by atoms with Gasteiger partial charge in [0.25, 0.3) is 0 Å². The largest absolute Gasteiger partial charge is 0.356 e. The van der Waals surface area contributed by atoms with E-state index in [1.54, 1.807) is 0 Å². The minimum absolute atomic E-state index is 0.279. The van der Waals surface area contributed by atoms with Gasteiger partial charge in [-0.3, -0.25) is 4.79 Å². The lowest BCUT2D eigenvalue weighted by atomic mass is 9.84. The predicted octanol–water partition coefficient (Wildman–Crippen LogP) is 2.46. The molecule has 3 heterocycles. The van der Waals surface area contributed by atoms with Gasteiger partial charge in [-0.05, 0) is 39.0 Å². The van der Waals surface area contributed by atoms with Crippen LogP contribution in [0.25, 0.3) is 0 Å². The van der Waals surface area contributed by atoms with E-state index in [0.29, 0.717) is 12.5 Å². The van der Waals surface area contributed by atoms with Crippen molar-refractivity contribution in [3.05, 3.63) is 17.1 Å². The number of fused-ring (bicyclic) bond motifs is 1. The zero-order chi connectivity index (χ0) is 15.8. The fraction of sp³-hybridized carbons (Fsp3) is 0.722. The van der Waals surface area contributed by atoms with Crippen LogP contribution >= 0.6 is 0 Å². The molecule has 0 atom stereocenters. The summed E-state index contributed by atoms with van der Waals surface area (Å²) >= 11 is 0. The third kappa shape index (κ3) is 2.81. The van der Waals surface area contributed by atoms with Crippen molar-refractivity contribution in [3.8, 4) is 0 Å². The zero-order valence-electron chi connectivity index (χ0n) is 14.1. The molecule has 1 saturated heterocycles. The van der Waals surface area contributed by atoms with Gasteiger partial charge in [0.05, 0.1) is 12.2 Å². The van der Waals surface area contributed by atoms with Crippen molar-refractivity contribution in [2.24, 2.45) is 5.92 Å². The summed E-state index contributed by atoms with van der Waals surface area (Å²) in [6.45, 7) is 5.67. The molecular formula is C18H26N4O. The molecule has 0 unspecified atom stereocenters. The van der Waals surface area contributed by atoms with Crippen LogP contribution in [0.1, 0.15) is 55.6 Å². The first-order valence-corrected chi connectivity index (χ1v) is 9.12. The number of hydrogen-bond donors (Lipinski definition) is 0. The van der Waals surface area contributed by atoms with Gasteiger partial charge in [-0.1, -0.05) is 6.42 Å². The Morgan fingerprint density at radius 2 is 1.83 bits per heavy atom. The van der Waals surface area contributed by atoms with E-state index in [-0.39, 0.29) is 5.92 Å². The lowest BCUT2D eigenvalue weighted by molar-refractivity contribution is -0.139. The summed E-state index contributed by atoms with van der Waals surface area (Å²) < 4.78 is 0. The summed E-state index contributed by atoms with van der Waals surface area (Å²) in [4.78, 5) is 26.5. The zero-order valence-corrected chi connectivity index (χ0v) is 14.1. The second-order valence-corrected chi connectivity index (χ2v) is 7.21. The SMILES string of the molecule is Cc1nc2c(c(N3CCCCC3)n1)CN(C(=O)C1CCC1)CC2. The fourth-order valence-electron chi connectivity index (χ4n) is 3.99. The predicted molar refractivity (Wildman–Crippen MR) is 89.3 cm³/mol. The van der Waals surface area contributed by atoms with E-state index in [1.165, 1.54) is 31.2 Å². The number of aromatic nitrogens is 2. The normalized spacial score (nSPS) is 21.8. The monoisotopic (exact) mass is 314 g/mol. The number of hydrogen-bond acceptors (Lipinski definition) is 4. The molecule has 0 radical (unpaired) electrons. The van der Waals surface area contributed by atoms with Crippen LogP contribution in [0.3, 0.4) is 0 Å². The summed E-state index contributed by atoms with van der Waals surface area (Å²) in [5.41, 5.74) is 2.37. The van der Waals surface area contributed by atoms with E-state index in [9.17, 15) is 4.79 Å². The molecule has 124 valence electrons. The molecule has 2 aliphatic heterocycles. The van der Waals surface area contributed by atoms with Gasteiger partial charge in [0.2, 0.25) is 5.91 Å². The molecule has 1 aliphatic carbocycles. The van der Waals surface area contributed by atoms with Crippen molar-refractivity contribution < 1.29 is 4.79 Å². The minimum Gasteiger partial charge on any atom is -0.356 e. The first-order valence-electron chi connectivity index (χ1n) is 9.12. The van der Waals surface area contributed by atoms with Crippen molar-refractivity contribution in [2.75, 3.05) is 24.5 Å². The van der Waals surface area contributed by atoms with Crippen LogP contribution in [0.5, 0.6) is 0 Å². The summed E-state index contributed by atoms with van der Waals surface area (Å²) in [5.74, 6) is 2.59. The first-order chi connectivity index (χ1) is 11.2. The van der Waals surface area contributed by atoms with Gasteiger partial charge in [0.1, 0.15) is 11.6 Å². The maximum atomic E-state index is 12.6. The van der Waals surface area contributed by atoms with E-state index in [0.717, 1.165) is 56.2 Å². The number of carbonyl (C=O) groups is 1. The molecule has 4 rings (SSSR count). The van der Waals surface area contributed by atoms with Gasteiger partial charge < -0.3 is 9.80 Å². The molecule has 1 saturated carbocycles. The molecule has 0 bridgehead atoms. The highest BCUT2D eigenvalue weighted by Crippen LogP contribution is 2.33. The quantitative estimate of drug-likeness (QED) is 0.841. The summed E-state index contributed by atoms with van der Waals surface area (Å²) in [5, 5.41) is 0. The van der Waals surface area contributed by atoms with Crippen LogP contribution in [0.15, 0.2) is 0 Å². The lowest BCUT2D eigenvalue weighted by Crippen LogP contribution is -2.43. The second-order valence-electron chi connectivity index (χ2n) is 7.21. The van der Waals surface area contributed by atoms with Gasteiger partial charge in [-0.2, -0.15) is 0 Å². The number of amides is 1. The lowest BCUT2D eigenvalue weighted by Gasteiger charge is -2.37. The molecule has 0 spiro atoms. The number of carbonyl (C=O) groups excluding carboxylic acids is 1. The fourth-order valence-corrected chi connectivity index (χ4v) is 3.99. The van der Waals surface area contributed by atoms with Crippen LogP contribution < -0.4 is 4.90 Å². The molecule has 5 heteroatoms. The molecule has 3 aliphatic rings. The third-order valence-electron chi connectivity index (χ3n) is 5.57. The standard InChI is InChI=1S/C18H26N4O/c1-13-19-16-8-11-22(18(23)14-6-5-7-14)12-15(16)17(20-13)21-9-3-2-4-10-21/h14H,2-12H2,1H3. The van der Waals surface area contributed by atoms with Crippen molar-refractivity contribution in [3.63, 3.8) is 0 Å². The average Bonchev–Trinajstić information content (AvgIpc) is 2.53. The van der Waals surface area contributed by atoms with Crippen LogP contribution in [0.4, 0.5) is 5.82 Å². The van der Waals surface area contributed by atoms with Crippen LogP contribution in [-0.4, -0.2) is 40.4 Å². The minimum atomic E-state index is 0.279. The Morgan fingerprint density at radius 1 is 1.04 bits per heavy atom. The highest BCUT2D eigenvalue weighted by atomic mass is 16.2. The first kappa shape index (κ1) is 14.9. The molecule has 0 aromatic carbocycles. The van der Waals surface area contributed by atoms with Crippen LogP contribution in [0, 0.1) is 12.8 Å². The van der Waals surface area contributed by atoms with E-state index < -0.39 is 0 Å². The molecule has 1 amide bonds. The molecule has 1 aromatic heterocycles. The molecule has 1 aromatic rings. The molecule has 2 fully saturated rings. The van der Waals surface area contributed by atoms with Gasteiger partial charge in [-0.25, -0.2) is 9.97 Å². The van der Waals surface area contributed by atoms with E-state index >= 15 is 0 Å². The second kappa shape index (κ2) is 6.10. The number of piperidine rings is 1. The van der Waals surface area contributed by atoms with E-state index in [1.807, 2.05) is 6.92 Å². The number of anilines is 1. The summed E-state index contributed by atoms with van der Waals surface area (Å²) in [6, 6.07) is 0. The Balaban J connectivity index is 1.61. The van der Waals surface area contributed by atoms with Gasteiger partial charge in [0.15, 0.2) is 0 Å².